The molecule has 2 saturated heterocycles. The Bertz CT molecular complexity index is 882. The molecule has 3 aliphatic heterocycles. The topological polar surface area (TPSA) is 85.4 Å². The predicted molar refractivity (Wildman–Crippen MR) is 113 cm³/mol. The smallest absolute Gasteiger partial charge is 0.225 e. The SMILES string of the molecule is COc1ccc2c(c1OC)OC1(CCN(C(=O)C3CCN(C(C)=O)CC3)CC1)CC2=O. The number of rotatable bonds is 3. The van der Waals surface area contributed by atoms with Crippen LogP contribution >= 0.6 is 0 Å². The molecular weight excluding hydrogens is 400 g/mol. The van der Waals surface area contributed by atoms with Crippen LogP contribution in [0.4, 0.5) is 0 Å². The zero-order chi connectivity index (χ0) is 22.2. The third-order valence-corrected chi connectivity index (χ3v) is 6.88. The summed E-state index contributed by atoms with van der Waals surface area (Å²) in [6.07, 6.45) is 2.90. The van der Waals surface area contributed by atoms with Gasteiger partial charge in [-0.3, -0.25) is 14.4 Å². The number of carbonyl (C=O) groups is 3. The molecular formula is C23H30N2O6. The van der Waals surface area contributed by atoms with E-state index in [0.717, 1.165) is 0 Å². The van der Waals surface area contributed by atoms with Gasteiger partial charge in [0.15, 0.2) is 17.3 Å². The fourth-order valence-electron chi connectivity index (χ4n) is 4.97. The van der Waals surface area contributed by atoms with Crippen LogP contribution in [0.5, 0.6) is 17.2 Å². The zero-order valence-electron chi connectivity index (χ0n) is 18.4. The van der Waals surface area contributed by atoms with Crippen molar-refractivity contribution in [1.82, 2.24) is 9.80 Å². The molecule has 168 valence electrons. The maximum absolute atomic E-state index is 13.0. The fraction of sp³-hybridized carbons (Fsp3) is 0.609. The van der Waals surface area contributed by atoms with Crippen molar-refractivity contribution < 1.29 is 28.6 Å². The monoisotopic (exact) mass is 430 g/mol. The molecule has 1 spiro atoms. The molecule has 1 aromatic carbocycles. The molecule has 8 heteroatoms. The Balaban J connectivity index is 1.43. The third kappa shape index (κ3) is 3.95. The van der Waals surface area contributed by atoms with E-state index >= 15 is 0 Å². The minimum Gasteiger partial charge on any atom is -0.493 e. The highest BCUT2D eigenvalue weighted by Crippen LogP contribution is 2.47. The van der Waals surface area contributed by atoms with Crippen LogP contribution in [0.25, 0.3) is 0 Å². The second kappa shape index (κ2) is 8.40. The molecule has 0 saturated carbocycles. The average Bonchev–Trinajstić information content (AvgIpc) is 2.78. The maximum atomic E-state index is 13.0. The van der Waals surface area contributed by atoms with Gasteiger partial charge in [-0.1, -0.05) is 0 Å². The number of hydrogen-bond donors (Lipinski definition) is 0. The lowest BCUT2D eigenvalue weighted by Gasteiger charge is -2.45. The van der Waals surface area contributed by atoms with E-state index < -0.39 is 5.60 Å². The van der Waals surface area contributed by atoms with Gasteiger partial charge in [0.25, 0.3) is 0 Å². The minimum atomic E-state index is -0.626. The lowest BCUT2D eigenvalue weighted by molar-refractivity contribution is -0.143. The number of hydrogen-bond acceptors (Lipinski definition) is 6. The van der Waals surface area contributed by atoms with Gasteiger partial charge in [-0.15, -0.1) is 0 Å². The molecule has 0 unspecified atom stereocenters. The number of carbonyl (C=O) groups excluding carboxylic acids is 3. The standard InChI is InChI=1S/C23H30N2O6/c1-15(26)24-10-6-16(7-11-24)22(28)25-12-8-23(9-13-25)14-18(27)17-4-5-19(29-2)21(30-3)20(17)31-23/h4-5,16H,6-14H2,1-3H3. The molecule has 4 rings (SSSR count). The summed E-state index contributed by atoms with van der Waals surface area (Å²) in [4.78, 5) is 41.1. The lowest BCUT2D eigenvalue weighted by atomic mass is 9.81. The Kier molecular flexibility index (Phi) is 5.81. The molecule has 1 aromatic rings. The normalized spacial score (nSPS) is 20.8. The molecule has 0 bridgehead atoms. The van der Waals surface area contributed by atoms with E-state index in [4.69, 9.17) is 14.2 Å². The Morgan fingerprint density at radius 3 is 2.29 bits per heavy atom. The van der Waals surface area contributed by atoms with Gasteiger partial charge in [-0.2, -0.15) is 0 Å². The summed E-state index contributed by atoms with van der Waals surface area (Å²) in [5, 5.41) is 0. The first-order valence-electron chi connectivity index (χ1n) is 10.9. The van der Waals surface area contributed by atoms with Crippen LogP contribution < -0.4 is 14.2 Å². The van der Waals surface area contributed by atoms with E-state index in [1.54, 1.807) is 31.1 Å². The van der Waals surface area contributed by atoms with Gasteiger partial charge in [0, 0.05) is 51.9 Å². The number of piperidine rings is 2. The number of Topliss-reactive ketones (excluding diaryl/α,β-unsaturated/α-hetero) is 1. The highest BCUT2D eigenvalue weighted by molar-refractivity contribution is 6.01. The van der Waals surface area contributed by atoms with Crippen molar-refractivity contribution in [2.24, 2.45) is 5.92 Å². The van der Waals surface area contributed by atoms with Gasteiger partial charge in [0.2, 0.25) is 17.6 Å². The number of ether oxygens (including phenoxy) is 3. The molecule has 0 radical (unpaired) electrons. The van der Waals surface area contributed by atoms with Gasteiger partial charge in [-0.25, -0.2) is 0 Å². The zero-order valence-corrected chi connectivity index (χ0v) is 18.4. The Morgan fingerprint density at radius 1 is 1.03 bits per heavy atom. The minimum absolute atomic E-state index is 0.0265. The van der Waals surface area contributed by atoms with Crippen molar-refractivity contribution in [2.75, 3.05) is 40.4 Å². The molecule has 0 aromatic heterocycles. The first kappa shape index (κ1) is 21.5. The summed E-state index contributed by atoms with van der Waals surface area (Å²) in [7, 11) is 3.08. The molecule has 0 atom stereocenters. The molecule has 8 nitrogen and oxygen atoms in total. The van der Waals surface area contributed by atoms with Crippen molar-refractivity contribution in [1.29, 1.82) is 0 Å². The Hall–Kier alpha value is -2.77. The molecule has 0 N–H and O–H groups in total. The summed E-state index contributed by atoms with van der Waals surface area (Å²) >= 11 is 0. The van der Waals surface area contributed by atoms with Gasteiger partial charge in [-0.05, 0) is 25.0 Å². The predicted octanol–water partition coefficient (Wildman–Crippen LogP) is 2.29. The number of methoxy groups -OCH3 is 2. The molecule has 2 fully saturated rings. The number of amides is 2. The highest BCUT2D eigenvalue weighted by Gasteiger charge is 2.45. The summed E-state index contributed by atoms with van der Waals surface area (Å²) in [5.74, 6) is 1.60. The second-order valence-corrected chi connectivity index (χ2v) is 8.67. The van der Waals surface area contributed by atoms with Gasteiger partial charge in [0.1, 0.15) is 5.60 Å². The molecule has 0 aliphatic carbocycles. The molecule has 3 heterocycles. The Labute approximate surface area is 182 Å². The van der Waals surface area contributed by atoms with Crippen LogP contribution in [-0.2, 0) is 9.59 Å². The average molecular weight is 431 g/mol. The third-order valence-electron chi connectivity index (χ3n) is 6.88. The highest BCUT2D eigenvalue weighted by atomic mass is 16.5. The van der Waals surface area contributed by atoms with E-state index in [9.17, 15) is 14.4 Å². The molecule has 2 amide bonds. The lowest BCUT2D eigenvalue weighted by Crippen LogP contribution is -2.54. The second-order valence-electron chi connectivity index (χ2n) is 8.67. The van der Waals surface area contributed by atoms with Crippen molar-refractivity contribution >= 4 is 17.6 Å². The van der Waals surface area contributed by atoms with E-state index in [0.29, 0.717) is 81.1 Å². The van der Waals surface area contributed by atoms with E-state index in [1.165, 1.54) is 7.11 Å². The van der Waals surface area contributed by atoms with Crippen LogP contribution in [0.3, 0.4) is 0 Å². The molecule has 31 heavy (non-hydrogen) atoms. The maximum Gasteiger partial charge on any atom is 0.225 e. The van der Waals surface area contributed by atoms with E-state index in [1.807, 2.05) is 4.90 Å². The quantitative estimate of drug-likeness (QED) is 0.732. The summed E-state index contributed by atoms with van der Waals surface area (Å²) in [6.45, 7) is 3.96. The first-order chi connectivity index (χ1) is 14.9. The number of nitrogens with zero attached hydrogens (tertiary/aromatic N) is 2. The number of likely N-dealkylation sites (tertiary alicyclic amines) is 2. The summed E-state index contributed by atoms with van der Waals surface area (Å²) in [6, 6.07) is 3.44. The Morgan fingerprint density at radius 2 is 1.71 bits per heavy atom. The van der Waals surface area contributed by atoms with E-state index in [2.05, 4.69) is 0 Å². The van der Waals surface area contributed by atoms with Crippen LogP contribution in [0.1, 0.15) is 49.4 Å². The van der Waals surface area contributed by atoms with E-state index in [-0.39, 0.29) is 23.5 Å². The van der Waals surface area contributed by atoms with Crippen LogP contribution in [0.2, 0.25) is 0 Å². The van der Waals surface area contributed by atoms with Crippen molar-refractivity contribution in [3.8, 4) is 17.2 Å². The van der Waals surface area contributed by atoms with Crippen LogP contribution in [0.15, 0.2) is 12.1 Å². The van der Waals surface area contributed by atoms with Crippen molar-refractivity contribution in [2.45, 2.75) is 44.6 Å². The fourth-order valence-corrected chi connectivity index (χ4v) is 4.97. The summed E-state index contributed by atoms with van der Waals surface area (Å²) < 4.78 is 17.2. The van der Waals surface area contributed by atoms with Gasteiger partial charge in [0.05, 0.1) is 26.2 Å². The summed E-state index contributed by atoms with van der Waals surface area (Å²) in [5.41, 5.74) is -0.114. The number of ketones is 1. The van der Waals surface area contributed by atoms with Crippen LogP contribution in [0, 0.1) is 5.92 Å². The van der Waals surface area contributed by atoms with Crippen molar-refractivity contribution in [3.63, 3.8) is 0 Å². The van der Waals surface area contributed by atoms with Crippen LogP contribution in [-0.4, -0.2) is 73.4 Å². The van der Waals surface area contributed by atoms with Gasteiger partial charge < -0.3 is 24.0 Å². The number of fused-ring (bicyclic) bond motifs is 1. The molecule has 3 aliphatic rings. The van der Waals surface area contributed by atoms with Crippen molar-refractivity contribution in [3.05, 3.63) is 17.7 Å². The van der Waals surface area contributed by atoms with Gasteiger partial charge >= 0.3 is 0 Å². The number of benzene rings is 1. The first-order valence-corrected chi connectivity index (χ1v) is 10.9. The largest absolute Gasteiger partial charge is 0.493 e.